The van der Waals surface area contributed by atoms with Gasteiger partial charge >= 0.3 is 0 Å². The van der Waals surface area contributed by atoms with Crippen molar-refractivity contribution in [2.75, 3.05) is 6.61 Å². The monoisotopic (exact) mass is 333 g/mol. The van der Waals surface area contributed by atoms with Crippen LogP contribution < -0.4 is 14.8 Å². The fourth-order valence-corrected chi connectivity index (χ4v) is 2.14. The van der Waals surface area contributed by atoms with Crippen molar-refractivity contribution in [2.45, 2.75) is 26.5 Å². The zero-order valence-corrected chi connectivity index (χ0v) is 14.0. The molecule has 2 aromatic carbocycles. The molecule has 0 heterocycles. The van der Waals surface area contributed by atoms with E-state index < -0.39 is 6.10 Å². The number of nitrogens with one attached hydrogen (secondary N) is 1. The number of hydrogen-bond acceptors (Lipinski definition) is 3. The quantitative estimate of drug-likeness (QED) is 0.837. The summed E-state index contributed by atoms with van der Waals surface area (Å²) >= 11 is 5.82. The van der Waals surface area contributed by atoms with Crippen molar-refractivity contribution in [3.63, 3.8) is 0 Å². The summed E-state index contributed by atoms with van der Waals surface area (Å²) in [7, 11) is 0. The van der Waals surface area contributed by atoms with Crippen molar-refractivity contribution in [1.82, 2.24) is 5.32 Å². The average molecular weight is 334 g/mol. The Kier molecular flexibility index (Phi) is 6.29. The summed E-state index contributed by atoms with van der Waals surface area (Å²) in [4.78, 5) is 12.1. The topological polar surface area (TPSA) is 47.6 Å². The molecule has 1 amide bonds. The number of ether oxygens (including phenoxy) is 2. The van der Waals surface area contributed by atoms with Crippen molar-refractivity contribution in [1.29, 1.82) is 0 Å². The summed E-state index contributed by atoms with van der Waals surface area (Å²) in [6.45, 7) is 4.68. The molecular weight excluding hydrogens is 314 g/mol. The minimum absolute atomic E-state index is 0.179. The maximum Gasteiger partial charge on any atom is 0.261 e. The van der Waals surface area contributed by atoms with Crippen molar-refractivity contribution >= 4 is 17.5 Å². The molecular formula is C18H20ClNO3. The van der Waals surface area contributed by atoms with Gasteiger partial charge in [-0.05, 0) is 55.8 Å². The third-order valence-corrected chi connectivity index (χ3v) is 3.42. The highest BCUT2D eigenvalue weighted by Crippen LogP contribution is 2.17. The van der Waals surface area contributed by atoms with Gasteiger partial charge in [0.1, 0.15) is 11.5 Å². The Morgan fingerprint density at radius 3 is 2.61 bits per heavy atom. The Balaban J connectivity index is 1.86. The van der Waals surface area contributed by atoms with E-state index in [1.807, 2.05) is 31.2 Å². The smallest absolute Gasteiger partial charge is 0.261 e. The van der Waals surface area contributed by atoms with Gasteiger partial charge in [-0.2, -0.15) is 0 Å². The Morgan fingerprint density at radius 1 is 1.17 bits per heavy atom. The highest BCUT2D eigenvalue weighted by molar-refractivity contribution is 6.30. The first kappa shape index (κ1) is 17.2. The normalized spacial score (nSPS) is 11.6. The Hall–Kier alpha value is -2.20. The van der Waals surface area contributed by atoms with Crippen LogP contribution in [0, 0.1) is 0 Å². The molecule has 0 bridgehead atoms. The third kappa shape index (κ3) is 5.49. The summed E-state index contributed by atoms with van der Waals surface area (Å²) in [5, 5.41) is 3.48. The summed E-state index contributed by atoms with van der Waals surface area (Å²) in [5.74, 6) is 1.22. The highest BCUT2D eigenvalue weighted by atomic mass is 35.5. The first-order valence-corrected chi connectivity index (χ1v) is 7.88. The molecule has 4 nitrogen and oxygen atoms in total. The van der Waals surface area contributed by atoms with Crippen LogP contribution in [0.25, 0.3) is 0 Å². The number of hydrogen-bond donors (Lipinski definition) is 1. The fourth-order valence-electron chi connectivity index (χ4n) is 2.02. The standard InChI is InChI=1S/C18H20ClNO3/c1-3-22-17-6-4-5-14(11-17)12-20-18(21)13(2)23-16-9-7-15(19)8-10-16/h4-11,13H,3,12H2,1-2H3,(H,20,21). The molecule has 0 aromatic heterocycles. The molecule has 122 valence electrons. The molecule has 5 heteroatoms. The predicted molar refractivity (Wildman–Crippen MR) is 91.0 cm³/mol. The van der Waals surface area contributed by atoms with E-state index in [1.165, 1.54) is 0 Å². The fraction of sp³-hybridized carbons (Fsp3) is 0.278. The van der Waals surface area contributed by atoms with Gasteiger partial charge in [-0.15, -0.1) is 0 Å². The number of halogens is 1. The second-order valence-corrected chi connectivity index (χ2v) is 5.45. The van der Waals surface area contributed by atoms with E-state index >= 15 is 0 Å². The van der Waals surface area contributed by atoms with E-state index in [0.29, 0.717) is 23.9 Å². The van der Waals surface area contributed by atoms with Crippen molar-refractivity contribution in [2.24, 2.45) is 0 Å². The zero-order valence-electron chi connectivity index (χ0n) is 13.2. The number of carbonyl (C=O) groups is 1. The molecule has 0 aliphatic rings. The molecule has 0 spiro atoms. The van der Waals surface area contributed by atoms with Crippen LogP contribution in [0.2, 0.25) is 5.02 Å². The van der Waals surface area contributed by atoms with E-state index in [4.69, 9.17) is 21.1 Å². The van der Waals surface area contributed by atoms with Gasteiger partial charge in [-0.3, -0.25) is 4.79 Å². The van der Waals surface area contributed by atoms with Crippen LogP contribution in [0.1, 0.15) is 19.4 Å². The number of amides is 1. The van der Waals surface area contributed by atoms with E-state index in [2.05, 4.69) is 5.32 Å². The Morgan fingerprint density at radius 2 is 1.91 bits per heavy atom. The van der Waals surface area contributed by atoms with Gasteiger partial charge in [-0.25, -0.2) is 0 Å². The summed E-state index contributed by atoms with van der Waals surface area (Å²) < 4.78 is 11.0. The van der Waals surface area contributed by atoms with Crippen LogP contribution in [0.3, 0.4) is 0 Å². The minimum atomic E-state index is -0.591. The summed E-state index contributed by atoms with van der Waals surface area (Å²) in [5.41, 5.74) is 0.975. The average Bonchev–Trinajstić information content (AvgIpc) is 2.55. The van der Waals surface area contributed by atoms with Crippen LogP contribution in [0.15, 0.2) is 48.5 Å². The molecule has 0 fully saturated rings. The van der Waals surface area contributed by atoms with Gasteiger partial charge in [0.15, 0.2) is 6.10 Å². The second-order valence-electron chi connectivity index (χ2n) is 5.01. The molecule has 0 radical (unpaired) electrons. The lowest BCUT2D eigenvalue weighted by molar-refractivity contribution is -0.127. The molecule has 1 N–H and O–H groups in total. The number of rotatable bonds is 7. The van der Waals surface area contributed by atoms with Crippen LogP contribution >= 0.6 is 11.6 Å². The maximum absolute atomic E-state index is 12.1. The molecule has 23 heavy (non-hydrogen) atoms. The van der Waals surface area contributed by atoms with Gasteiger partial charge in [0.2, 0.25) is 0 Å². The summed E-state index contributed by atoms with van der Waals surface area (Å²) in [6, 6.07) is 14.6. The maximum atomic E-state index is 12.1. The van der Waals surface area contributed by atoms with E-state index in [0.717, 1.165) is 11.3 Å². The van der Waals surface area contributed by atoms with Gasteiger partial charge in [0, 0.05) is 11.6 Å². The second kappa shape index (κ2) is 8.44. The first-order valence-electron chi connectivity index (χ1n) is 7.50. The Labute approximate surface area is 141 Å². The predicted octanol–water partition coefficient (Wildman–Crippen LogP) is 3.82. The molecule has 1 unspecified atom stereocenters. The van der Waals surface area contributed by atoms with Gasteiger partial charge < -0.3 is 14.8 Å². The van der Waals surface area contributed by atoms with Crippen molar-refractivity contribution in [3.8, 4) is 11.5 Å². The molecule has 0 aliphatic carbocycles. The van der Waals surface area contributed by atoms with E-state index in [-0.39, 0.29) is 5.91 Å². The van der Waals surface area contributed by atoms with Crippen molar-refractivity contribution in [3.05, 3.63) is 59.1 Å². The molecule has 0 saturated heterocycles. The van der Waals surface area contributed by atoms with E-state index in [1.54, 1.807) is 31.2 Å². The summed E-state index contributed by atoms with van der Waals surface area (Å²) in [6.07, 6.45) is -0.591. The third-order valence-electron chi connectivity index (χ3n) is 3.17. The lowest BCUT2D eigenvalue weighted by Gasteiger charge is -2.15. The van der Waals surface area contributed by atoms with Crippen LogP contribution in [0.4, 0.5) is 0 Å². The highest BCUT2D eigenvalue weighted by Gasteiger charge is 2.14. The van der Waals surface area contributed by atoms with Crippen LogP contribution in [-0.4, -0.2) is 18.6 Å². The van der Waals surface area contributed by atoms with Gasteiger partial charge in [-0.1, -0.05) is 23.7 Å². The molecule has 0 saturated carbocycles. The molecule has 2 rings (SSSR count). The lowest BCUT2D eigenvalue weighted by Crippen LogP contribution is -2.35. The van der Waals surface area contributed by atoms with Gasteiger partial charge in [0.25, 0.3) is 5.91 Å². The van der Waals surface area contributed by atoms with Gasteiger partial charge in [0.05, 0.1) is 6.61 Å². The largest absolute Gasteiger partial charge is 0.494 e. The molecule has 2 aromatic rings. The van der Waals surface area contributed by atoms with Crippen LogP contribution in [0.5, 0.6) is 11.5 Å². The number of carbonyl (C=O) groups excluding carboxylic acids is 1. The van der Waals surface area contributed by atoms with Crippen LogP contribution in [-0.2, 0) is 11.3 Å². The first-order chi connectivity index (χ1) is 11.1. The minimum Gasteiger partial charge on any atom is -0.494 e. The molecule has 1 atom stereocenters. The zero-order chi connectivity index (χ0) is 16.7. The van der Waals surface area contributed by atoms with Crippen molar-refractivity contribution < 1.29 is 14.3 Å². The Bertz CT molecular complexity index is 643. The SMILES string of the molecule is CCOc1cccc(CNC(=O)C(C)Oc2ccc(Cl)cc2)c1. The number of benzene rings is 2. The van der Waals surface area contributed by atoms with E-state index in [9.17, 15) is 4.79 Å². The molecule has 0 aliphatic heterocycles. The lowest BCUT2D eigenvalue weighted by atomic mass is 10.2.